The van der Waals surface area contributed by atoms with Crippen molar-refractivity contribution in [3.8, 4) is 0 Å². The number of nitrogens with one attached hydrogen (secondary N) is 2. The van der Waals surface area contributed by atoms with Crippen LogP contribution in [0, 0.1) is 16.0 Å². The zero-order valence-electron chi connectivity index (χ0n) is 10.1. The van der Waals surface area contributed by atoms with Gasteiger partial charge in [-0.3, -0.25) is 14.9 Å². The van der Waals surface area contributed by atoms with Crippen LogP contribution in [-0.4, -0.2) is 23.4 Å². The van der Waals surface area contributed by atoms with Gasteiger partial charge >= 0.3 is 0 Å². The molecule has 6 nitrogen and oxygen atoms in total. The Balaban J connectivity index is 1.97. The van der Waals surface area contributed by atoms with E-state index in [1.165, 1.54) is 12.1 Å². The number of amides is 1. The molecule has 1 aliphatic rings. The van der Waals surface area contributed by atoms with Crippen molar-refractivity contribution in [2.75, 3.05) is 11.9 Å². The smallest absolute Gasteiger partial charge is 0.269 e. The van der Waals surface area contributed by atoms with E-state index in [2.05, 4.69) is 10.6 Å². The molecule has 1 aromatic carbocycles. The highest BCUT2D eigenvalue weighted by Gasteiger charge is 2.26. The maximum Gasteiger partial charge on any atom is 0.269 e. The van der Waals surface area contributed by atoms with Gasteiger partial charge in [0.2, 0.25) is 5.91 Å². The fourth-order valence-corrected chi connectivity index (χ4v) is 2.05. The highest BCUT2D eigenvalue weighted by molar-refractivity contribution is 5.93. The molecule has 0 saturated carbocycles. The van der Waals surface area contributed by atoms with E-state index in [9.17, 15) is 14.9 Å². The fourth-order valence-electron chi connectivity index (χ4n) is 2.05. The maximum atomic E-state index is 11.9. The predicted octanol–water partition coefficient (Wildman–Crippen LogP) is 1.53. The lowest BCUT2D eigenvalue weighted by Crippen LogP contribution is -2.24. The van der Waals surface area contributed by atoms with Gasteiger partial charge in [0.15, 0.2) is 0 Å². The first-order chi connectivity index (χ1) is 8.56. The van der Waals surface area contributed by atoms with Crippen molar-refractivity contribution in [3.05, 3.63) is 34.4 Å². The Bertz CT molecular complexity index is 458. The Morgan fingerprint density at radius 3 is 2.61 bits per heavy atom. The molecule has 2 rings (SSSR count). The van der Waals surface area contributed by atoms with E-state index in [1.807, 2.05) is 6.92 Å². The van der Waals surface area contributed by atoms with Crippen LogP contribution in [0.2, 0.25) is 0 Å². The second-order valence-corrected chi connectivity index (χ2v) is 4.54. The van der Waals surface area contributed by atoms with Crippen molar-refractivity contribution < 1.29 is 9.72 Å². The first kappa shape index (κ1) is 12.5. The summed E-state index contributed by atoms with van der Waals surface area (Å²) in [7, 11) is 0. The first-order valence-electron chi connectivity index (χ1n) is 5.85. The summed E-state index contributed by atoms with van der Waals surface area (Å²) in [6.07, 6.45) is 0.818. The van der Waals surface area contributed by atoms with Gasteiger partial charge in [-0.2, -0.15) is 0 Å². The molecule has 1 saturated heterocycles. The number of carbonyl (C=O) groups is 1. The average Bonchev–Trinajstić information content (AvgIpc) is 2.76. The van der Waals surface area contributed by atoms with Crippen molar-refractivity contribution in [1.82, 2.24) is 5.32 Å². The average molecular weight is 249 g/mol. The zero-order valence-corrected chi connectivity index (χ0v) is 10.1. The molecule has 2 N–H and O–H groups in total. The third-order valence-corrected chi connectivity index (χ3v) is 3.07. The highest BCUT2D eigenvalue weighted by atomic mass is 16.6. The van der Waals surface area contributed by atoms with E-state index < -0.39 is 4.92 Å². The van der Waals surface area contributed by atoms with Crippen LogP contribution in [0.5, 0.6) is 0 Å². The topological polar surface area (TPSA) is 84.3 Å². The largest absolute Gasteiger partial charge is 0.326 e. The SMILES string of the molecule is C[C@@H]1CC(C(=O)Nc2ccc([N+](=O)[O-])cc2)CN1. The summed E-state index contributed by atoms with van der Waals surface area (Å²) in [4.78, 5) is 21.9. The number of hydrogen-bond donors (Lipinski definition) is 2. The lowest BCUT2D eigenvalue weighted by Gasteiger charge is -2.09. The molecule has 1 unspecified atom stereocenters. The van der Waals surface area contributed by atoms with E-state index >= 15 is 0 Å². The molecule has 0 aliphatic carbocycles. The van der Waals surface area contributed by atoms with Gasteiger partial charge in [0, 0.05) is 30.4 Å². The van der Waals surface area contributed by atoms with E-state index in [0.717, 1.165) is 6.42 Å². The molecule has 2 atom stereocenters. The monoisotopic (exact) mass is 249 g/mol. The summed E-state index contributed by atoms with van der Waals surface area (Å²) in [5, 5.41) is 16.5. The molecule has 0 radical (unpaired) electrons. The Labute approximate surface area is 105 Å². The first-order valence-corrected chi connectivity index (χ1v) is 5.85. The summed E-state index contributed by atoms with van der Waals surface area (Å²) in [6.45, 7) is 2.72. The third kappa shape index (κ3) is 2.84. The maximum absolute atomic E-state index is 11.9. The molecule has 0 aromatic heterocycles. The molecule has 0 bridgehead atoms. The molecule has 6 heteroatoms. The lowest BCUT2D eigenvalue weighted by atomic mass is 10.1. The van der Waals surface area contributed by atoms with Crippen molar-refractivity contribution in [3.63, 3.8) is 0 Å². The normalized spacial score (nSPS) is 22.7. The molecular weight excluding hydrogens is 234 g/mol. The number of nitro groups is 1. The minimum atomic E-state index is -0.464. The molecule has 1 aliphatic heterocycles. The lowest BCUT2D eigenvalue weighted by molar-refractivity contribution is -0.384. The number of carbonyl (C=O) groups excluding carboxylic acids is 1. The molecule has 1 heterocycles. The molecule has 96 valence electrons. The Morgan fingerprint density at radius 2 is 2.11 bits per heavy atom. The second-order valence-electron chi connectivity index (χ2n) is 4.54. The number of benzene rings is 1. The van der Waals surface area contributed by atoms with Crippen molar-refractivity contribution in [2.45, 2.75) is 19.4 Å². The van der Waals surface area contributed by atoms with Crippen molar-refractivity contribution in [2.24, 2.45) is 5.92 Å². The summed E-state index contributed by atoms with van der Waals surface area (Å²) in [5.74, 6) is -0.0732. The van der Waals surface area contributed by atoms with E-state index in [0.29, 0.717) is 18.3 Å². The molecule has 1 fully saturated rings. The number of nitrogens with zero attached hydrogens (tertiary/aromatic N) is 1. The summed E-state index contributed by atoms with van der Waals surface area (Å²) >= 11 is 0. The van der Waals surface area contributed by atoms with Gasteiger partial charge < -0.3 is 10.6 Å². The van der Waals surface area contributed by atoms with Gasteiger partial charge in [0.1, 0.15) is 0 Å². The van der Waals surface area contributed by atoms with Crippen LogP contribution in [-0.2, 0) is 4.79 Å². The van der Waals surface area contributed by atoms with Crippen LogP contribution in [0.4, 0.5) is 11.4 Å². The summed E-state index contributed by atoms with van der Waals surface area (Å²) < 4.78 is 0. The number of rotatable bonds is 3. The third-order valence-electron chi connectivity index (χ3n) is 3.07. The number of non-ortho nitro benzene ring substituents is 1. The van der Waals surface area contributed by atoms with Gasteiger partial charge in [-0.05, 0) is 25.5 Å². The van der Waals surface area contributed by atoms with E-state index in [1.54, 1.807) is 12.1 Å². The zero-order chi connectivity index (χ0) is 13.1. The molecule has 1 amide bonds. The van der Waals surface area contributed by atoms with E-state index in [4.69, 9.17) is 0 Å². The number of anilines is 1. The van der Waals surface area contributed by atoms with Gasteiger partial charge in [-0.1, -0.05) is 0 Å². The number of hydrogen-bond acceptors (Lipinski definition) is 4. The standard InChI is InChI=1S/C12H15N3O3/c1-8-6-9(7-13-8)12(16)14-10-2-4-11(5-3-10)15(17)18/h2-5,8-9,13H,6-7H2,1H3,(H,14,16)/t8-,9?/m1/s1. The van der Waals surface area contributed by atoms with Gasteiger partial charge in [-0.25, -0.2) is 0 Å². The van der Waals surface area contributed by atoms with Crippen molar-refractivity contribution in [1.29, 1.82) is 0 Å². The predicted molar refractivity (Wildman–Crippen MR) is 67.3 cm³/mol. The van der Waals surface area contributed by atoms with E-state index in [-0.39, 0.29) is 17.5 Å². The molecular formula is C12H15N3O3. The van der Waals surface area contributed by atoms with Crippen LogP contribution < -0.4 is 10.6 Å². The quantitative estimate of drug-likeness (QED) is 0.628. The molecule has 1 aromatic rings. The Morgan fingerprint density at radius 1 is 1.44 bits per heavy atom. The Hall–Kier alpha value is -1.95. The summed E-state index contributed by atoms with van der Waals surface area (Å²) in [6, 6.07) is 6.21. The van der Waals surface area contributed by atoms with Crippen LogP contribution in [0.25, 0.3) is 0 Å². The summed E-state index contributed by atoms with van der Waals surface area (Å²) in [5.41, 5.74) is 0.606. The van der Waals surface area contributed by atoms with Gasteiger partial charge in [0.05, 0.1) is 10.8 Å². The van der Waals surface area contributed by atoms with Crippen LogP contribution in [0.1, 0.15) is 13.3 Å². The van der Waals surface area contributed by atoms with Crippen LogP contribution in [0.15, 0.2) is 24.3 Å². The highest BCUT2D eigenvalue weighted by Crippen LogP contribution is 2.19. The minimum absolute atomic E-state index is 0.0177. The van der Waals surface area contributed by atoms with Gasteiger partial charge in [-0.15, -0.1) is 0 Å². The minimum Gasteiger partial charge on any atom is -0.326 e. The van der Waals surface area contributed by atoms with Gasteiger partial charge in [0.25, 0.3) is 5.69 Å². The van der Waals surface area contributed by atoms with Crippen LogP contribution in [0.3, 0.4) is 0 Å². The molecule has 0 spiro atoms. The second kappa shape index (κ2) is 5.14. The van der Waals surface area contributed by atoms with Crippen LogP contribution >= 0.6 is 0 Å². The Kier molecular flexibility index (Phi) is 3.57. The fraction of sp³-hybridized carbons (Fsp3) is 0.417. The molecule has 18 heavy (non-hydrogen) atoms. The number of nitro benzene ring substituents is 1. The van der Waals surface area contributed by atoms with Crippen molar-refractivity contribution >= 4 is 17.3 Å².